The first-order chi connectivity index (χ1) is 13.4. The number of hydrogen-bond acceptors (Lipinski definition) is 6. The third kappa shape index (κ3) is 5.11. The highest BCUT2D eigenvalue weighted by Gasteiger charge is 2.13. The number of aryl methyl sites for hydroxylation is 2. The number of rotatable bonds is 5. The summed E-state index contributed by atoms with van der Waals surface area (Å²) >= 11 is 6.85. The zero-order chi connectivity index (χ0) is 20.1. The molecule has 7 nitrogen and oxygen atoms in total. The molecule has 0 spiro atoms. The van der Waals surface area contributed by atoms with Gasteiger partial charge in [-0.25, -0.2) is 0 Å². The predicted molar refractivity (Wildman–Crippen MR) is 107 cm³/mol. The Balaban J connectivity index is 1.49. The van der Waals surface area contributed by atoms with Gasteiger partial charge in [-0.15, -0.1) is 10.2 Å². The molecular weight excluding hydrogens is 400 g/mol. The molecule has 0 aliphatic heterocycles. The van der Waals surface area contributed by atoms with Gasteiger partial charge in [0.15, 0.2) is 0 Å². The number of nitrogens with one attached hydrogen (secondary N) is 2. The molecule has 144 valence electrons. The summed E-state index contributed by atoms with van der Waals surface area (Å²) in [5, 5.41) is 8.74. The zero-order valence-electron chi connectivity index (χ0n) is 15.2. The highest BCUT2D eigenvalue weighted by molar-refractivity contribution is 7.99. The normalized spacial score (nSPS) is 10.5. The monoisotopic (exact) mass is 416 g/mol. The molecule has 3 rings (SSSR count). The molecule has 1 heterocycles. The van der Waals surface area contributed by atoms with Crippen LogP contribution in [0.15, 0.2) is 52.1 Å². The van der Waals surface area contributed by atoms with E-state index >= 15 is 0 Å². The second kappa shape index (κ2) is 8.90. The number of hydrogen-bond donors (Lipinski definition) is 2. The molecule has 0 unspecified atom stereocenters. The number of benzene rings is 2. The van der Waals surface area contributed by atoms with E-state index < -0.39 is 11.8 Å². The summed E-state index contributed by atoms with van der Waals surface area (Å²) in [4.78, 5) is 23.8. The van der Waals surface area contributed by atoms with Crippen LogP contribution in [-0.4, -0.2) is 27.8 Å². The van der Waals surface area contributed by atoms with E-state index in [0.717, 1.165) is 22.9 Å². The fourth-order valence-corrected chi connectivity index (χ4v) is 2.91. The lowest BCUT2D eigenvalue weighted by Crippen LogP contribution is -2.42. The molecule has 0 radical (unpaired) electrons. The zero-order valence-corrected chi connectivity index (χ0v) is 16.7. The molecule has 0 atom stereocenters. The summed E-state index contributed by atoms with van der Waals surface area (Å²) in [6.45, 7) is 4.03. The topological polar surface area (TPSA) is 97.1 Å². The molecule has 2 N–H and O–H groups in total. The molecule has 3 aromatic rings. The fraction of sp³-hybridized carbons (Fsp3) is 0.158. The summed E-state index contributed by atoms with van der Waals surface area (Å²) < 4.78 is 5.58. The van der Waals surface area contributed by atoms with Crippen molar-refractivity contribution < 1.29 is 14.0 Å². The average molecular weight is 417 g/mol. The van der Waals surface area contributed by atoms with Crippen molar-refractivity contribution in [3.8, 4) is 11.5 Å². The van der Waals surface area contributed by atoms with Crippen LogP contribution >= 0.6 is 23.4 Å². The van der Waals surface area contributed by atoms with Crippen molar-refractivity contribution in [1.29, 1.82) is 0 Å². The molecular formula is C19H17ClN4O3S. The standard InChI is InChI=1S/C19H17ClN4O3S/c1-11-3-4-14(9-12(11)2)18-23-24-19(27-18)28-10-16(25)21-22-17(26)13-5-7-15(20)8-6-13/h3-9H,10H2,1-2H3,(H,21,25)(H,22,26). The highest BCUT2D eigenvalue weighted by atomic mass is 35.5. The largest absolute Gasteiger partial charge is 0.411 e. The Bertz CT molecular complexity index is 1000. The molecule has 0 aliphatic carbocycles. The minimum absolute atomic E-state index is 0.00938. The SMILES string of the molecule is Cc1ccc(-c2nnc(SCC(=O)NNC(=O)c3ccc(Cl)cc3)o2)cc1C. The molecule has 1 aromatic heterocycles. The number of halogens is 1. The lowest BCUT2D eigenvalue weighted by molar-refractivity contribution is -0.119. The van der Waals surface area contributed by atoms with E-state index in [-0.39, 0.29) is 11.0 Å². The third-order valence-corrected chi connectivity index (χ3v) is 4.98. The van der Waals surface area contributed by atoms with Crippen LogP contribution in [0.3, 0.4) is 0 Å². The number of carbonyl (C=O) groups excluding carboxylic acids is 2. The van der Waals surface area contributed by atoms with E-state index in [0.29, 0.717) is 16.5 Å². The molecule has 0 saturated heterocycles. The molecule has 28 heavy (non-hydrogen) atoms. The number of aromatic nitrogens is 2. The van der Waals surface area contributed by atoms with Crippen LogP contribution in [-0.2, 0) is 4.79 Å². The van der Waals surface area contributed by atoms with Crippen molar-refractivity contribution in [2.24, 2.45) is 0 Å². The molecule has 0 saturated carbocycles. The van der Waals surface area contributed by atoms with Crippen molar-refractivity contribution in [2.45, 2.75) is 19.1 Å². The van der Waals surface area contributed by atoms with Crippen LogP contribution < -0.4 is 10.9 Å². The third-order valence-electron chi connectivity index (χ3n) is 3.91. The lowest BCUT2D eigenvalue weighted by atomic mass is 10.1. The van der Waals surface area contributed by atoms with Crippen molar-refractivity contribution >= 4 is 35.2 Å². The van der Waals surface area contributed by atoms with Gasteiger partial charge in [-0.2, -0.15) is 0 Å². The first-order valence-corrected chi connectivity index (χ1v) is 9.67. The van der Waals surface area contributed by atoms with Gasteiger partial charge in [-0.05, 0) is 61.4 Å². The van der Waals surface area contributed by atoms with Gasteiger partial charge in [0.1, 0.15) is 0 Å². The van der Waals surface area contributed by atoms with Gasteiger partial charge >= 0.3 is 0 Å². The summed E-state index contributed by atoms with van der Waals surface area (Å²) in [5.41, 5.74) is 8.18. The van der Waals surface area contributed by atoms with Crippen molar-refractivity contribution in [2.75, 3.05) is 5.75 Å². The first kappa shape index (κ1) is 19.9. The molecule has 0 bridgehead atoms. The average Bonchev–Trinajstić information content (AvgIpc) is 3.16. The maximum Gasteiger partial charge on any atom is 0.277 e. The molecule has 0 aliphatic rings. The Hall–Kier alpha value is -2.84. The van der Waals surface area contributed by atoms with Gasteiger partial charge in [-0.3, -0.25) is 20.4 Å². The summed E-state index contributed by atoms with van der Waals surface area (Å²) in [5.74, 6) is -0.444. The van der Waals surface area contributed by atoms with Gasteiger partial charge in [0.2, 0.25) is 11.8 Å². The Morgan fingerprint density at radius 2 is 1.79 bits per heavy atom. The molecule has 9 heteroatoms. The van der Waals surface area contributed by atoms with Gasteiger partial charge < -0.3 is 4.42 Å². The number of nitrogens with zero attached hydrogens (tertiary/aromatic N) is 2. The smallest absolute Gasteiger partial charge is 0.277 e. The van der Waals surface area contributed by atoms with E-state index in [2.05, 4.69) is 21.0 Å². The Labute approximate surface area is 170 Å². The molecule has 0 fully saturated rings. The highest BCUT2D eigenvalue weighted by Crippen LogP contribution is 2.24. The Morgan fingerprint density at radius 3 is 2.50 bits per heavy atom. The van der Waals surface area contributed by atoms with Crippen LogP contribution in [0.5, 0.6) is 0 Å². The van der Waals surface area contributed by atoms with Crippen LogP contribution in [0.2, 0.25) is 5.02 Å². The van der Waals surface area contributed by atoms with Gasteiger partial charge in [0, 0.05) is 16.1 Å². The Morgan fingerprint density at radius 1 is 1.04 bits per heavy atom. The number of carbonyl (C=O) groups is 2. The maximum absolute atomic E-state index is 11.9. The minimum Gasteiger partial charge on any atom is -0.411 e. The fourth-order valence-electron chi connectivity index (χ4n) is 2.22. The summed E-state index contributed by atoms with van der Waals surface area (Å²) in [6.07, 6.45) is 0. The van der Waals surface area contributed by atoms with Crippen molar-refractivity contribution in [3.63, 3.8) is 0 Å². The van der Waals surface area contributed by atoms with E-state index in [1.165, 1.54) is 5.56 Å². The second-order valence-corrected chi connectivity index (χ2v) is 7.33. The quantitative estimate of drug-likeness (QED) is 0.487. The maximum atomic E-state index is 11.9. The predicted octanol–water partition coefficient (Wildman–Crippen LogP) is 3.56. The molecule has 2 amide bonds. The van der Waals surface area contributed by atoms with Gasteiger partial charge in [0.25, 0.3) is 11.1 Å². The van der Waals surface area contributed by atoms with Crippen LogP contribution in [0.1, 0.15) is 21.5 Å². The van der Waals surface area contributed by atoms with Crippen LogP contribution in [0.4, 0.5) is 0 Å². The van der Waals surface area contributed by atoms with Gasteiger partial charge in [0.05, 0.1) is 5.75 Å². The second-order valence-electron chi connectivity index (χ2n) is 5.97. The first-order valence-electron chi connectivity index (χ1n) is 8.31. The van der Waals surface area contributed by atoms with Crippen LogP contribution in [0, 0.1) is 13.8 Å². The summed E-state index contributed by atoms with van der Waals surface area (Å²) in [6, 6.07) is 12.2. The number of thioether (sulfide) groups is 1. The number of amides is 2. The minimum atomic E-state index is -0.440. The van der Waals surface area contributed by atoms with E-state index in [1.54, 1.807) is 24.3 Å². The molecule has 2 aromatic carbocycles. The van der Waals surface area contributed by atoms with E-state index in [1.807, 2.05) is 32.0 Å². The van der Waals surface area contributed by atoms with Crippen molar-refractivity contribution in [1.82, 2.24) is 21.0 Å². The van der Waals surface area contributed by atoms with Crippen molar-refractivity contribution in [3.05, 3.63) is 64.2 Å². The van der Waals surface area contributed by atoms with E-state index in [4.69, 9.17) is 16.0 Å². The lowest BCUT2D eigenvalue weighted by Gasteiger charge is -2.06. The van der Waals surface area contributed by atoms with E-state index in [9.17, 15) is 9.59 Å². The number of hydrazine groups is 1. The van der Waals surface area contributed by atoms with Crippen LogP contribution in [0.25, 0.3) is 11.5 Å². The summed E-state index contributed by atoms with van der Waals surface area (Å²) in [7, 11) is 0. The van der Waals surface area contributed by atoms with Gasteiger partial charge in [-0.1, -0.05) is 29.4 Å². The Kier molecular flexibility index (Phi) is 6.33.